The minimum Gasteiger partial charge on any atom is -0.493 e. The van der Waals surface area contributed by atoms with Gasteiger partial charge in [0.05, 0.1) is 24.1 Å². The van der Waals surface area contributed by atoms with Crippen molar-refractivity contribution in [1.82, 2.24) is 9.80 Å². The number of rotatable bonds is 7. The largest absolute Gasteiger partial charge is 0.493 e. The lowest BCUT2D eigenvalue weighted by Gasteiger charge is -2.27. The predicted molar refractivity (Wildman–Crippen MR) is 119 cm³/mol. The SMILES string of the molecule is COC(=O)COc1c(Cl)cc(C=C2SC(=O)N(CC(=O)N3CCCCC3)C2=O)cc1OC. The summed E-state index contributed by atoms with van der Waals surface area (Å²) in [5.41, 5.74) is 0.491. The summed E-state index contributed by atoms with van der Waals surface area (Å²) >= 11 is 7.03. The van der Waals surface area contributed by atoms with Gasteiger partial charge in [-0.2, -0.15) is 0 Å². The fourth-order valence-electron chi connectivity index (χ4n) is 3.32. The zero-order chi connectivity index (χ0) is 23.3. The summed E-state index contributed by atoms with van der Waals surface area (Å²) in [7, 11) is 2.64. The van der Waals surface area contributed by atoms with Crippen LogP contribution in [0.3, 0.4) is 0 Å². The van der Waals surface area contributed by atoms with E-state index in [1.165, 1.54) is 26.4 Å². The number of hydrogen-bond acceptors (Lipinski definition) is 8. The minimum atomic E-state index is -0.583. The Hall–Kier alpha value is -2.72. The van der Waals surface area contributed by atoms with E-state index in [2.05, 4.69) is 4.74 Å². The van der Waals surface area contributed by atoms with Crippen LogP contribution in [0.25, 0.3) is 6.08 Å². The van der Waals surface area contributed by atoms with E-state index in [1.54, 1.807) is 11.0 Å². The van der Waals surface area contributed by atoms with E-state index in [4.69, 9.17) is 21.1 Å². The van der Waals surface area contributed by atoms with Crippen LogP contribution in [0.4, 0.5) is 4.79 Å². The first-order valence-corrected chi connectivity index (χ1v) is 11.1. The second kappa shape index (κ2) is 10.7. The molecule has 0 atom stereocenters. The molecule has 2 fully saturated rings. The molecular formula is C21H23ClN2O7S. The molecule has 32 heavy (non-hydrogen) atoms. The van der Waals surface area contributed by atoms with Gasteiger partial charge < -0.3 is 19.1 Å². The third-order valence-corrected chi connectivity index (χ3v) is 6.18. The van der Waals surface area contributed by atoms with Gasteiger partial charge in [0, 0.05) is 13.1 Å². The van der Waals surface area contributed by atoms with Crippen LogP contribution in [0.2, 0.25) is 5.02 Å². The number of methoxy groups -OCH3 is 2. The van der Waals surface area contributed by atoms with E-state index in [0.717, 1.165) is 35.9 Å². The summed E-state index contributed by atoms with van der Waals surface area (Å²) in [6, 6.07) is 3.08. The molecule has 1 aromatic carbocycles. The molecule has 2 aliphatic rings. The van der Waals surface area contributed by atoms with Gasteiger partial charge in [0.25, 0.3) is 11.1 Å². The molecule has 2 saturated heterocycles. The van der Waals surface area contributed by atoms with Crippen molar-refractivity contribution in [3.8, 4) is 11.5 Å². The van der Waals surface area contributed by atoms with E-state index in [-0.39, 0.29) is 40.5 Å². The Morgan fingerprint density at radius 1 is 1.16 bits per heavy atom. The summed E-state index contributed by atoms with van der Waals surface area (Å²) in [6.07, 6.45) is 4.42. The molecule has 0 spiro atoms. The lowest BCUT2D eigenvalue weighted by molar-refractivity contribution is -0.143. The molecule has 0 aromatic heterocycles. The molecule has 0 N–H and O–H groups in total. The van der Waals surface area contributed by atoms with Gasteiger partial charge in [-0.05, 0) is 54.8 Å². The van der Waals surface area contributed by atoms with Crippen molar-refractivity contribution in [3.63, 3.8) is 0 Å². The Balaban J connectivity index is 1.75. The third-order valence-electron chi connectivity index (χ3n) is 4.99. The number of imide groups is 1. The monoisotopic (exact) mass is 482 g/mol. The quantitative estimate of drug-likeness (QED) is 0.431. The molecule has 0 saturated carbocycles. The van der Waals surface area contributed by atoms with Crippen molar-refractivity contribution >= 4 is 52.5 Å². The van der Waals surface area contributed by atoms with Crippen LogP contribution < -0.4 is 9.47 Å². The van der Waals surface area contributed by atoms with E-state index in [0.29, 0.717) is 18.7 Å². The number of ether oxygens (including phenoxy) is 3. The molecule has 9 nitrogen and oxygen atoms in total. The molecule has 1 aromatic rings. The molecular weight excluding hydrogens is 460 g/mol. The highest BCUT2D eigenvalue weighted by atomic mass is 35.5. The Morgan fingerprint density at radius 3 is 2.53 bits per heavy atom. The molecule has 3 rings (SSSR count). The highest BCUT2D eigenvalue weighted by Gasteiger charge is 2.37. The number of piperidine rings is 1. The van der Waals surface area contributed by atoms with Crippen molar-refractivity contribution < 1.29 is 33.4 Å². The number of carbonyl (C=O) groups is 4. The summed E-state index contributed by atoms with van der Waals surface area (Å²) < 4.78 is 15.2. The van der Waals surface area contributed by atoms with Crippen molar-refractivity contribution in [2.24, 2.45) is 0 Å². The van der Waals surface area contributed by atoms with Gasteiger partial charge in [-0.3, -0.25) is 19.3 Å². The number of hydrogen-bond donors (Lipinski definition) is 0. The number of carbonyl (C=O) groups excluding carboxylic acids is 4. The standard InChI is InChI=1S/C21H23ClN2O7S/c1-29-15-9-13(8-14(22)19(15)31-12-18(26)30-2)10-16-20(27)24(21(28)32-16)11-17(25)23-6-4-3-5-7-23/h8-10H,3-7,11-12H2,1-2H3. The molecule has 2 aliphatic heterocycles. The predicted octanol–water partition coefficient (Wildman–Crippen LogP) is 2.95. The first-order chi connectivity index (χ1) is 15.3. The van der Waals surface area contributed by atoms with Gasteiger partial charge in [-0.25, -0.2) is 4.79 Å². The zero-order valence-corrected chi connectivity index (χ0v) is 19.3. The molecule has 11 heteroatoms. The number of benzene rings is 1. The maximum atomic E-state index is 12.8. The van der Waals surface area contributed by atoms with Gasteiger partial charge >= 0.3 is 5.97 Å². The summed E-state index contributed by atoms with van der Waals surface area (Å²) in [5, 5.41) is -0.346. The van der Waals surface area contributed by atoms with Crippen molar-refractivity contribution in [2.75, 3.05) is 40.5 Å². The Labute approximate surface area is 194 Å². The topological polar surface area (TPSA) is 102 Å². The second-order valence-corrected chi connectivity index (χ2v) is 8.51. The fraction of sp³-hybridized carbons (Fsp3) is 0.429. The number of halogens is 1. The van der Waals surface area contributed by atoms with E-state index < -0.39 is 17.1 Å². The Kier molecular flexibility index (Phi) is 8.03. The van der Waals surface area contributed by atoms with Crippen LogP contribution in [0.15, 0.2) is 17.0 Å². The van der Waals surface area contributed by atoms with Crippen LogP contribution in [0.1, 0.15) is 24.8 Å². The van der Waals surface area contributed by atoms with Gasteiger partial charge in [0.2, 0.25) is 5.91 Å². The molecule has 3 amide bonds. The highest BCUT2D eigenvalue weighted by molar-refractivity contribution is 8.18. The molecule has 0 radical (unpaired) electrons. The van der Waals surface area contributed by atoms with Crippen molar-refractivity contribution in [3.05, 3.63) is 27.6 Å². The maximum Gasteiger partial charge on any atom is 0.343 e. The first kappa shape index (κ1) is 23.9. The number of esters is 1. The number of amides is 3. The van der Waals surface area contributed by atoms with Crippen LogP contribution >= 0.6 is 23.4 Å². The van der Waals surface area contributed by atoms with Gasteiger partial charge in [-0.1, -0.05) is 11.6 Å². The minimum absolute atomic E-state index is 0.150. The number of likely N-dealkylation sites (tertiary alicyclic amines) is 1. The van der Waals surface area contributed by atoms with Crippen LogP contribution in [0.5, 0.6) is 11.5 Å². The number of thioether (sulfide) groups is 1. The second-order valence-electron chi connectivity index (χ2n) is 7.11. The van der Waals surface area contributed by atoms with Crippen LogP contribution in [-0.2, 0) is 19.1 Å². The summed E-state index contributed by atoms with van der Waals surface area (Å²) in [4.78, 5) is 51.7. The number of nitrogens with zero attached hydrogens (tertiary/aromatic N) is 2. The first-order valence-electron chi connectivity index (χ1n) is 9.94. The summed E-state index contributed by atoms with van der Waals surface area (Å²) in [5.74, 6) is -0.958. The zero-order valence-electron chi connectivity index (χ0n) is 17.7. The van der Waals surface area contributed by atoms with Gasteiger partial charge in [-0.15, -0.1) is 0 Å². The fourth-order valence-corrected chi connectivity index (χ4v) is 4.43. The Morgan fingerprint density at radius 2 is 1.88 bits per heavy atom. The van der Waals surface area contributed by atoms with Gasteiger partial charge in [0.1, 0.15) is 6.54 Å². The highest BCUT2D eigenvalue weighted by Crippen LogP contribution is 2.39. The van der Waals surface area contributed by atoms with Crippen LogP contribution in [0, 0.1) is 0 Å². The normalized spacial score (nSPS) is 17.7. The lowest BCUT2D eigenvalue weighted by Crippen LogP contribution is -2.44. The molecule has 0 aliphatic carbocycles. The van der Waals surface area contributed by atoms with Crippen molar-refractivity contribution in [2.45, 2.75) is 19.3 Å². The molecule has 2 heterocycles. The smallest absolute Gasteiger partial charge is 0.343 e. The van der Waals surface area contributed by atoms with Gasteiger partial charge in [0.15, 0.2) is 18.1 Å². The van der Waals surface area contributed by atoms with E-state index in [1.807, 2.05) is 0 Å². The average molecular weight is 483 g/mol. The molecule has 0 unspecified atom stereocenters. The van der Waals surface area contributed by atoms with E-state index in [9.17, 15) is 19.2 Å². The Bertz CT molecular complexity index is 960. The molecule has 172 valence electrons. The third kappa shape index (κ3) is 5.55. The van der Waals surface area contributed by atoms with E-state index >= 15 is 0 Å². The lowest BCUT2D eigenvalue weighted by atomic mass is 10.1. The van der Waals surface area contributed by atoms with Crippen molar-refractivity contribution in [1.29, 1.82) is 0 Å². The summed E-state index contributed by atoms with van der Waals surface area (Å²) in [6.45, 7) is 0.670. The van der Waals surface area contributed by atoms with Crippen LogP contribution in [-0.4, -0.2) is 73.3 Å². The average Bonchev–Trinajstić information content (AvgIpc) is 3.05. The molecule has 0 bridgehead atoms. The maximum absolute atomic E-state index is 12.8.